The Labute approximate surface area is 97.3 Å². The third kappa shape index (κ3) is 2.74. The number of nitrogens with one attached hydrogen (secondary N) is 1. The molecule has 0 radical (unpaired) electrons. The third-order valence-electron chi connectivity index (χ3n) is 3.49. The molecular formula is C12H22N2O2. The Morgan fingerprint density at radius 3 is 3.06 bits per heavy atom. The highest BCUT2D eigenvalue weighted by Crippen LogP contribution is 2.18. The fourth-order valence-electron chi connectivity index (χ4n) is 2.57. The Hall–Kier alpha value is -0.610. The monoisotopic (exact) mass is 226 g/mol. The molecule has 2 saturated heterocycles. The fourth-order valence-corrected chi connectivity index (χ4v) is 2.57. The lowest BCUT2D eigenvalue weighted by atomic mass is 10.2. The minimum atomic E-state index is 0.0643. The van der Waals surface area contributed by atoms with Gasteiger partial charge >= 0.3 is 0 Å². The molecule has 2 fully saturated rings. The maximum atomic E-state index is 11.9. The van der Waals surface area contributed by atoms with Crippen LogP contribution in [0.4, 0.5) is 0 Å². The first kappa shape index (κ1) is 11.9. The molecule has 2 heterocycles. The van der Waals surface area contributed by atoms with Crippen LogP contribution in [0.5, 0.6) is 0 Å². The van der Waals surface area contributed by atoms with Gasteiger partial charge in [0.15, 0.2) is 0 Å². The van der Waals surface area contributed by atoms with Gasteiger partial charge in [-0.15, -0.1) is 0 Å². The minimum absolute atomic E-state index is 0.0643. The number of nitrogens with zero attached hydrogens (tertiary/aromatic N) is 1. The predicted octanol–water partition coefficient (Wildman–Crippen LogP) is 0.766. The molecule has 0 saturated carbocycles. The number of carbonyl (C=O) groups is 1. The SMILES string of the molecule is CCNC1CCN(CCC2CCCO2)C1=O. The quantitative estimate of drug-likeness (QED) is 0.752. The first-order valence-corrected chi connectivity index (χ1v) is 6.45. The molecule has 0 aromatic heterocycles. The predicted molar refractivity (Wildman–Crippen MR) is 62.3 cm³/mol. The van der Waals surface area contributed by atoms with Crippen molar-refractivity contribution >= 4 is 5.91 Å². The summed E-state index contributed by atoms with van der Waals surface area (Å²) >= 11 is 0. The van der Waals surface area contributed by atoms with Crippen LogP contribution in [0.2, 0.25) is 0 Å². The topological polar surface area (TPSA) is 41.6 Å². The average molecular weight is 226 g/mol. The second-order valence-electron chi connectivity index (χ2n) is 4.65. The lowest BCUT2D eigenvalue weighted by Gasteiger charge is -2.18. The Kier molecular flexibility index (Phi) is 4.18. The van der Waals surface area contributed by atoms with Crippen molar-refractivity contribution < 1.29 is 9.53 Å². The van der Waals surface area contributed by atoms with Crippen LogP contribution >= 0.6 is 0 Å². The normalized spacial score (nSPS) is 30.3. The van der Waals surface area contributed by atoms with Gasteiger partial charge in [0, 0.05) is 19.7 Å². The molecule has 2 aliphatic heterocycles. The number of ether oxygens (including phenoxy) is 1. The van der Waals surface area contributed by atoms with Gasteiger partial charge < -0.3 is 15.0 Å². The molecule has 0 aromatic rings. The van der Waals surface area contributed by atoms with Gasteiger partial charge in [-0.2, -0.15) is 0 Å². The van der Waals surface area contributed by atoms with E-state index in [0.29, 0.717) is 6.10 Å². The summed E-state index contributed by atoms with van der Waals surface area (Å²) in [5.74, 6) is 0.278. The molecule has 4 heteroatoms. The van der Waals surface area contributed by atoms with E-state index < -0.39 is 0 Å². The van der Waals surface area contributed by atoms with Crippen molar-refractivity contribution in [1.29, 1.82) is 0 Å². The molecule has 92 valence electrons. The summed E-state index contributed by atoms with van der Waals surface area (Å²) in [7, 11) is 0. The summed E-state index contributed by atoms with van der Waals surface area (Å²) in [6, 6.07) is 0.0643. The molecule has 2 unspecified atom stereocenters. The number of likely N-dealkylation sites (N-methyl/N-ethyl adjacent to an activating group) is 1. The standard InChI is InChI=1S/C12H22N2O2/c1-2-13-11-6-8-14(12(11)15)7-5-10-4-3-9-16-10/h10-11,13H,2-9H2,1H3. The van der Waals surface area contributed by atoms with Crippen molar-refractivity contribution in [2.24, 2.45) is 0 Å². The fraction of sp³-hybridized carbons (Fsp3) is 0.917. The second-order valence-corrected chi connectivity index (χ2v) is 4.65. The van der Waals surface area contributed by atoms with Gasteiger partial charge in [-0.1, -0.05) is 6.92 Å². The molecule has 0 aromatic carbocycles. The van der Waals surface area contributed by atoms with Gasteiger partial charge in [0.25, 0.3) is 0 Å². The van der Waals surface area contributed by atoms with Crippen molar-refractivity contribution in [1.82, 2.24) is 10.2 Å². The molecule has 16 heavy (non-hydrogen) atoms. The van der Waals surface area contributed by atoms with Gasteiger partial charge in [0.1, 0.15) is 0 Å². The molecule has 2 atom stereocenters. The molecule has 1 amide bonds. The number of amides is 1. The second kappa shape index (κ2) is 5.64. The van der Waals surface area contributed by atoms with E-state index in [4.69, 9.17) is 4.74 Å². The number of carbonyl (C=O) groups excluding carboxylic acids is 1. The zero-order valence-electron chi connectivity index (χ0n) is 10.1. The molecule has 1 N–H and O–H groups in total. The Morgan fingerprint density at radius 2 is 2.38 bits per heavy atom. The molecule has 4 nitrogen and oxygen atoms in total. The average Bonchev–Trinajstić information content (AvgIpc) is 2.89. The first-order valence-electron chi connectivity index (χ1n) is 6.45. The van der Waals surface area contributed by atoms with Crippen LogP contribution in [0.25, 0.3) is 0 Å². The van der Waals surface area contributed by atoms with Crippen LogP contribution in [0, 0.1) is 0 Å². The van der Waals surface area contributed by atoms with Gasteiger partial charge in [-0.25, -0.2) is 0 Å². The lowest BCUT2D eigenvalue weighted by molar-refractivity contribution is -0.129. The van der Waals surface area contributed by atoms with E-state index in [0.717, 1.165) is 39.1 Å². The van der Waals surface area contributed by atoms with Crippen LogP contribution in [-0.2, 0) is 9.53 Å². The minimum Gasteiger partial charge on any atom is -0.378 e. The Morgan fingerprint density at radius 1 is 1.50 bits per heavy atom. The lowest BCUT2D eigenvalue weighted by Crippen LogP contribution is -2.38. The van der Waals surface area contributed by atoms with E-state index in [1.807, 2.05) is 11.8 Å². The molecule has 0 spiro atoms. The number of likely N-dealkylation sites (tertiary alicyclic amines) is 1. The van der Waals surface area contributed by atoms with Gasteiger partial charge in [-0.3, -0.25) is 4.79 Å². The van der Waals surface area contributed by atoms with Crippen molar-refractivity contribution in [3.8, 4) is 0 Å². The summed E-state index contributed by atoms with van der Waals surface area (Å²) in [4.78, 5) is 13.9. The smallest absolute Gasteiger partial charge is 0.239 e. The highest BCUT2D eigenvalue weighted by Gasteiger charge is 2.31. The first-order chi connectivity index (χ1) is 7.81. The highest BCUT2D eigenvalue weighted by atomic mass is 16.5. The zero-order chi connectivity index (χ0) is 11.4. The summed E-state index contributed by atoms with van der Waals surface area (Å²) < 4.78 is 5.57. The van der Waals surface area contributed by atoms with Crippen molar-refractivity contribution in [3.05, 3.63) is 0 Å². The summed E-state index contributed by atoms with van der Waals surface area (Å²) in [5.41, 5.74) is 0. The zero-order valence-corrected chi connectivity index (χ0v) is 10.1. The molecular weight excluding hydrogens is 204 g/mol. The van der Waals surface area contributed by atoms with Crippen molar-refractivity contribution in [3.63, 3.8) is 0 Å². The van der Waals surface area contributed by atoms with E-state index in [2.05, 4.69) is 5.32 Å². The summed E-state index contributed by atoms with van der Waals surface area (Å²) in [6.45, 7) is 5.59. The van der Waals surface area contributed by atoms with Crippen LogP contribution in [0.3, 0.4) is 0 Å². The van der Waals surface area contributed by atoms with E-state index >= 15 is 0 Å². The Bertz CT molecular complexity index is 239. The maximum absolute atomic E-state index is 11.9. The van der Waals surface area contributed by atoms with Crippen LogP contribution in [0.15, 0.2) is 0 Å². The van der Waals surface area contributed by atoms with Crippen LogP contribution < -0.4 is 5.32 Å². The summed E-state index contributed by atoms with van der Waals surface area (Å²) in [5, 5.41) is 3.23. The third-order valence-corrected chi connectivity index (χ3v) is 3.49. The van der Waals surface area contributed by atoms with E-state index in [9.17, 15) is 4.79 Å². The molecule has 0 bridgehead atoms. The van der Waals surface area contributed by atoms with Gasteiger partial charge in [-0.05, 0) is 32.2 Å². The molecule has 2 rings (SSSR count). The van der Waals surface area contributed by atoms with E-state index in [1.54, 1.807) is 0 Å². The van der Waals surface area contributed by atoms with Crippen molar-refractivity contribution in [2.75, 3.05) is 26.2 Å². The van der Waals surface area contributed by atoms with Crippen LogP contribution in [0.1, 0.15) is 32.6 Å². The highest BCUT2D eigenvalue weighted by molar-refractivity contribution is 5.83. The molecule has 2 aliphatic rings. The summed E-state index contributed by atoms with van der Waals surface area (Å²) in [6.07, 6.45) is 4.70. The largest absolute Gasteiger partial charge is 0.378 e. The molecule has 0 aliphatic carbocycles. The van der Waals surface area contributed by atoms with Gasteiger partial charge in [0.05, 0.1) is 12.1 Å². The van der Waals surface area contributed by atoms with Crippen LogP contribution in [-0.4, -0.2) is 49.2 Å². The Balaban J connectivity index is 1.72. The maximum Gasteiger partial charge on any atom is 0.239 e. The van der Waals surface area contributed by atoms with E-state index in [-0.39, 0.29) is 11.9 Å². The number of hydrogen-bond donors (Lipinski definition) is 1. The van der Waals surface area contributed by atoms with E-state index in [1.165, 1.54) is 12.8 Å². The number of rotatable bonds is 5. The van der Waals surface area contributed by atoms with Gasteiger partial charge in [0.2, 0.25) is 5.91 Å². The number of hydrogen-bond acceptors (Lipinski definition) is 3. The van der Waals surface area contributed by atoms with Crippen molar-refractivity contribution in [2.45, 2.75) is 44.8 Å².